The maximum Gasteiger partial charge on any atom is 0.261 e. The van der Waals surface area contributed by atoms with Crippen LogP contribution in [0.15, 0.2) is 102 Å². The fraction of sp³-hybridized carbons (Fsp3) is 0.0435. The van der Waals surface area contributed by atoms with Crippen LogP contribution in [0, 0.1) is 0 Å². The van der Waals surface area contributed by atoms with Crippen LogP contribution in [-0.4, -0.2) is 24.1 Å². The number of nitrogens with one attached hydrogen (secondary N) is 2. The van der Waals surface area contributed by atoms with E-state index in [4.69, 9.17) is 0 Å². The van der Waals surface area contributed by atoms with Crippen molar-refractivity contribution in [2.24, 2.45) is 0 Å². The lowest BCUT2D eigenvalue weighted by atomic mass is 10.2. The molecule has 156 valence electrons. The topological polar surface area (TPSA) is 93.1 Å². The molecule has 4 aromatic rings. The fourth-order valence-electron chi connectivity index (χ4n) is 2.99. The predicted octanol–water partition coefficient (Wildman–Crippen LogP) is 3.98. The molecule has 4 rings (SSSR count). The number of para-hydroxylation sites is 1. The molecule has 7 nitrogen and oxygen atoms in total. The van der Waals surface area contributed by atoms with Crippen molar-refractivity contribution in [1.29, 1.82) is 0 Å². The first kappa shape index (κ1) is 20.4. The monoisotopic (exact) mass is 432 g/mol. The molecule has 0 aliphatic rings. The molecule has 0 radical (unpaired) electrons. The van der Waals surface area contributed by atoms with E-state index in [9.17, 15) is 13.2 Å². The first-order valence-corrected chi connectivity index (χ1v) is 11.0. The molecule has 0 bridgehead atoms. The highest BCUT2D eigenvalue weighted by molar-refractivity contribution is 7.92. The number of hydrogen-bond donors (Lipinski definition) is 2. The molecule has 1 aromatic heterocycles. The number of nitrogens with zero attached hydrogens (tertiary/aromatic N) is 2. The molecular formula is C23H20N4O3S. The van der Waals surface area contributed by atoms with Crippen molar-refractivity contribution in [3.05, 3.63) is 108 Å². The summed E-state index contributed by atoms with van der Waals surface area (Å²) in [6.45, 7) is 0.595. The number of carbonyl (C=O) groups excluding carboxylic acids is 1. The van der Waals surface area contributed by atoms with E-state index in [0.717, 1.165) is 5.56 Å². The van der Waals surface area contributed by atoms with E-state index in [1.807, 2.05) is 30.3 Å². The zero-order valence-electron chi connectivity index (χ0n) is 16.5. The molecule has 0 aliphatic carbocycles. The normalized spacial score (nSPS) is 11.1. The van der Waals surface area contributed by atoms with Gasteiger partial charge in [0.2, 0.25) is 0 Å². The Kier molecular flexibility index (Phi) is 5.81. The Bertz CT molecular complexity index is 1270. The van der Waals surface area contributed by atoms with E-state index < -0.39 is 10.0 Å². The van der Waals surface area contributed by atoms with Crippen molar-refractivity contribution in [2.45, 2.75) is 11.4 Å². The lowest BCUT2D eigenvalue weighted by molar-refractivity contribution is 0.102. The molecule has 0 unspecified atom stereocenters. The van der Waals surface area contributed by atoms with E-state index in [1.54, 1.807) is 47.4 Å². The number of benzene rings is 3. The number of amides is 1. The quantitative estimate of drug-likeness (QED) is 0.462. The van der Waals surface area contributed by atoms with Crippen molar-refractivity contribution in [3.63, 3.8) is 0 Å². The fourth-order valence-corrected chi connectivity index (χ4v) is 4.05. The number of anilines is 2. The van der Waals surface area contributed by atoms with Gasteiger partial charge < -0.3 is 5.32 Å². The van der Waals surface area contributed by atoms with Crippen molar-refractivity contribution in [1.82, 2.24) is 9.78 Å². The highest BCUT2D eigenvalue weighted by atomic mass is 32.2. The molecule has 31 heavy (non-hydrogen) atoms. The summed E-state index contributed by atoms with van der Waals surface area (Å²) in [5.41, 5.74) is 2.47. The standard InChI is InChI=1S/C23H20N4O3S/c28-23(25-21-15-24-27(17-21)16-18-7-3-1-4-8-18)19-11-13-22(14-12-19)31(29,30)26-20-9-5-2-6-10-20/h1-15,17,26H,16H2,(H,25,28). The molecule has 0 atom stereocenters. The zero-order valence-corrected chi connectivity index (χ0v) is 17.3. The Morgan fingerprint density at radius 2 is 1.48 bits per heavy atom. The Morgan fingerprint density at radius 1 is 0.839 bits per heavy atom. The molecule has 0 saturated heterocycles. The maximum absolute atomic E-state index is 12.5. The zero-order chi connectivity index (χ0) is 21.7. The predicted molar refractivity (Wildman–Crippen MR) is 119 cm³/mol. The molecule has 2 N–H and O–H groups in total. The smallest absolute Gasteiger partial charge is 0.261 e. The van der Waals surface area contributed by atoms with Crippen molar-refractivity contribution in [3.8, 4) is 0 Å². The van der Waals surface area contributed by atoms with Gasteiger partial charge in [-0.3, -0.25) is 14.2 Å². The van der Waals surface area contributed by atoms with Gasteiger partial charge in [0.25, 0.3) is 15.9 Å². The van der Waals surface area contributed by atoms with Crippen molar-refractivity contribution in [2.75, 3.05) is 10.0 Å². The van der Waals surface area contributed by atoms with E-state index in [-0.39, 0.29) is 10.8 Å². The molecule has 1 heterocycles. The van der Waals surface area contributed by atoms with Gasteiger partial charge in [-0.05, 0) is 42.0 Å². The van der Waals surface area contributed by atoms with Crippen LogP contribution >= 0.6 is 0 Å². The summed E-state index contributed by atoms with van der Waals surface area (Å²) in [4.78, 5) is 12.6. The molecule has 0 aliphatic heterocycles. The molecule has 0 saturated carbocycles. The van der Waals surface area contributed by atoms with Crippen molar-refractivity contribution >= 4 is 27.3 Å². The third kappa shape index (κ3) is 5.18. The third-order valence-electron chi connectivity index (χ3n) is 4.53. The summed E-state index contributed by atoms with van der Waals surface area (Å²) < 4.78 is 29.2. The maximum atomic E-state index is 12.5. The SMILES string of the molecule is O=C(Nc1cnn(Cc2ccccc2)c1)c1ccc(S(=O)(=O)Nc2ccccc2)cc1. The van der Waals surface area contributed by atoms with Crippen molar-refractivity contribution < 1.29 is 13.2 Å². The Hall–Kier alpha value is -3.91. The molecule has 0 spiro atoms. The van der Waals surface area contributed by atoms with Gasteiger partial charge in [-0.25, -0.2) is 8.42 Å². The minimum absolute atomic E-state index is 0.0728. The average molecular weight is 433 g/mol. The minimum Gasteiger partial charge on any atom is -0.319 e. The number of hydrogen-bond acceptors (Lipinski definition) is 4. The van der Waals surface area contributed by atoms with Gasteiger partial charge in [-0.15, -0.1) is 0 Å². The third-order valence-corrected chi connectivity index (χ3v) is 5.93. The summed E-state index contributed by atoms with van der Waals surface area (Å²) in [6, 6.07) is 24.2. The van der Waals surface area contributed by atoms with Gasteiger partial charge >= 0.3 is 0 Å². The van der Waals surface area contributed by atoms with Gasteiger partial charge in [-0.2, -0.15) is 5.10 Å². The first-order chi connectivity index (χ1) is 15.0. The van der Waals surface area contributed by atoms with Gasteiger partial charge in [0, 0.05) is 17.4 Å². The van der Waals surface area contributed by atoms with Gasteiger partial charge in [0.1, 0.15) is 0 Å². The summed E-state index contributed by atoms with van der Waals surface area (Å²) >= 11 is 0. The van der Waals surface area contributed by atoms with Crippen LogP contribution in [0.3, 0.4) is 0 Å². The van der Waals surface area contributed by atoms with Crippen LogP contribution in [-0.2, 0) is 16.6 Å². The number of sulfonamides is 1. The second kappa shape index (κ2) is 8.85. The minimum atomic E-state index is -3.74. The van der Waals surface area contributed by atoms with Crippen LogP contribution in [0.2, 0.25) is 0 Å². The summed E-state index contributed by atoms with van der Waals surface area (Å²) in [7, 11) is -3.74. The number of aromatic nitrogens is 2. The Labute approximate surface area is 180 Å². The summed E-state index contributed by atoms with van der Waals surface area (Å²) in [5.74, 6) is -0.348. The summed E-state index contributed by atoms with van der Waals surface area (Å²) in [6.07, 6.45) is 3.32. The van der Waals surface area contributed by atoms with Crippen LogP contribution in [0.1, 0.15) is 15.9 Å². The van der Waals surface area contributed by atoms with Crippen LogP contribution in [0.25, 0.3) is 0 Å². The van der Waals surface area contributed by atoms with E-state index >= 15 is 0 Å². The molecule has 8 heteroatoms. The molecule has 3 aromatic carbocycles. The van der Waals surface area contributed by atoms with E-state index in [1.165, 1.54) is 24.3 Å². The highest BCUT2D eigenvalue weighted by Gasteiger charge is 2.15. The van der Waals surface area contributed by atoms with Gasteiger partial charge in [0.15, 0.2) is 0 Å². The van der Waals surface area contributed by atoms with E-state index in [0.29, 0.717) is 23.5 Å². The summed E-state index contributed by atoms with van der Waals surface area (Å²) in [5, 5.41) is 7.03. The van der Waals surface area contributed by atoms with Gasteiger partial charge in [0.05, 0.1) is 23.3 Å². The van der Waals surface area contributed by atoms with E-state index in [2.05, 4.69) is 15.1 Å². The highest BCUT2D eigenvalue weighted by Crippen LogP contribution is 2.17. The second-order valence-electron chi connectivity index (χ2n) is 6.86. The largest absolute Gasteiger partial charge is 0.319 e. The molecular weight excluding hydrogens is 412 g/mol. The second-order valence-corrected chi connectivity index (χ2v) is 8.54. The van der Waals surface area contributed by atoms with Crippen LogP contribution < -0.4 is 10.0 Å². The molecule has 0 fully saturated rings. The average Bonchev–Trinajstić information content (AvgIpc) is 3.21. The lowest BCUT2D eigenvalue weighted by Gasteiger charge is -2.09. The number of rotatable bonds is 7. The van der Waals surface area contributed by atoms with Crippen LogP contribution in [0.5, 0.6) is 0 Å². The first-order valence-electron chi connectivity index (χ1n) is 9.55. The molecule has 1 amide bonds. The van der Waals surface area contributed by atoms with Gasteiger partial charge in [-0.1, -0.05) is 48.5 Å². The lowest BCUT2D eigenvalue weighted by Crippen LogP contribution is -2.14. The Balaban J connectivity index is 1.41. The number of carbonyl (C=O) groups is 1. The Morgan fingerprint density at radius 3 is 2.16 bits per heavy atom. The van der Waals surface area contributed by atoms with Crippen LogP contribution in [0.4, 0.5) is 11.4 Å².